The van der Waals surface area contributed by atoms with Gasteiger partial charge in [-0.1, -0.05) is 17.7 Å². The van der Waals surface area contributed by atoms with E-state index in [4.69, 9.17) is 11.6 Å². The second kappa shape index (κ2) is 7.71. The second-order valence-electron chi connectivity index (χ2n) is 4.61. The lowest BCUT2D eigenvalue weighted by Gasteiger charge is -2.30. The molecule has 9 heteroatoms. The first kappa shape index (κ1) is 18.6. The van der Waals surface area contributed by atoms with Crippen LogP contribution in [0.2, 0.25) is 5.02 Å². The highest BCUT2D eigenvalue weighted by Crippen LogP contribution is 2.22. The number of piperazine rings is 1. The van der Waals surface area contributed by atoms with E-state index in [1.54, 1.807) is 6.07 Å². The topological polar surface area (TPSA) is 52.7 Å². The number of hydrogen-bond acceptors (Lipinski definition) is 3. The second-order valence-corrected chi connectivity index (χ2v) is 7.06. The van der Waals surface area contributed by atoms with Crippen molar-refractivity contribution in [1.29, 1.82) is 0 Å². The summed E-state index contributed by atoms with van der Waals surface area (Å²) in [7, 11) is -2.16. The van der Waals surface area contributed by atoms with Crippen molar-refractivity contribution < 1.29 is 12.8 Å². The maximum Gasteiger partial charge on any atom is 0.282 e. The van der Waals surface area contributed by atoms with Crippen LogP contribution in [0.1, 0.15) is 5.56 Å². The minimum Gasteiger partial charge on any atom is -0.314 e. The molecule has 0 aromatic heterocycles. The van der Waals surface area contributed by atoms with E-state index < -0.39 is 16.0 Å². The normalized spacial score (nSPS) is 16.8. The molecule has 0 saturated carbocycles. The molecule has 1 aliphatic heterocycles. The molecule has 0 aliphatic carbocycles. The van der Waals surface area contributed by atoms with Crippen molar-refractivity contribution in [3.63, 3.8) is 0 Å². The van der Waals surface area contributed by atoms with Gasteiger partial charge in [-0.3, -0.25) is 0 Å². The third-order valence-corrected chi connectivity index (χ3v) is 5.53. The Balaban J connectivity index is 0.00000220. The SMILES string of the molecule is CN(Cc1c(F)cccc1Cl)S(=O)(=O)N1CCNCC1.Cl. The van der Waals surface area contributed by atoms with Crippen molar-refractivity contribution in [2.75, 3.05) is 33.2 Å². The fraction of sp³-hybridized carbons (Fsp3) is 0.500. The molecule has 2 rings (SSSR count). The summed E-state index contributed by atoms with van der Waals surface area (Å²) < 4.78 is 41.0. The Bertz CT molecular complexity index is 560. The zero-order valence-electron chi connectivity index (χ0n) is 11.6. The Morgan fingerprint density at radius 3 is 2.57 bits per heavy atom. The van der Waals surface area contributed by atoms with Gasteiger partial charge in [-0.25, -0.2) is 4.39 Å². The summed E-state index contributed by atoms with van der Waals surface area (Å²) in [5, 5.41) is 3.32. The lowest BCUT2D eigenvalue weighted by atomic mass is 10.2. The predicted octanol–water partition coefficient (Wildman–Crippen LogP) is 1.48. The Labute approximate surface area is 135 Å². The van der Waals surface area contributed by atoms with E-state index in [2.05, 4.69) is 5.32 Å². The number of rotatable bonds is 4. The number of hydrogen-bond donors (Lipinski definition) is 1. The van der Waals surface area contributed by atoms with Gasteiger partial charge in [0.2, 0.25) is 0 Å². The fourth-order valence-electron chi connectivity index (χ4n) is 2.06. The van der Waals surface area contributed by atoms with E-state index in [0.29, 0.717) is 26.2 Å². The summed E-state index contributed by atoms with van der Waals surface area (Å²) >= 11 is 5.92. The summed E-state index contributed by atoms with van der Waals surface area (Å²) in [6.07, 6.45) is 0. The fourth-order valence-corrected chi connectivity index (χ4v) is 3.61. The number of halogens is 3. The van der Waals surface area contributed by atoms with Crippen LogP contribution in [0.4, 0.5) is 4.39 Å². The van der Waals surface area contributed by atoms with Crippen molar-refractivity contribution in [1.82, 2.24) is 13.9 Å². The van der Waals surface area contributed by atoms with Crippen LogP contribution in [-0.4, -0.2) is 50.3 Å². The van der Waals surface area contributed by atoms with Crippen LogP contribution < -0.4 is 5.32 Å². The average molecular weight is 358 g/mol. The van der Waals surface area contributed by atoms with Gasteiger partial charge in [0.1, 0.15) is 5.82 Å². The number of nitrogens with one attached hydrogen (secondary N) is 1. The summed E-state index contributed by atoms with van der Waals surface area (Å²) in [5.41, 5.74) is 0.190. The average Bonchev–Trinajstić information content (AvgIpc) is 2.43. The van der Waals surface area contributed by atoms with E-state index in [0.717, 1.165) is 4.31 Å². The largest absolute Gasteiger partial charge is 0.314 e. The molecular formula is C12H18Cl2FN3O2S. The lowest BCUT2D eigenvalue weighted by Crippen LogP contribution is -2.50. The van der Waals surface area contributed by atoms with Gasteiger partial charge >= 0.3 is 0 Å². The molecular weight excluding hydrogens is 340 g/mol. The van der Waals surface area contributed by atoms with E-state index in [9.17, 15) is 12.8 Å². The molecule has 1 heterocycles. The quantitative estimate of drug-likeness (QED) is 0.887. The van der Waals surface area contributed by atoms with Crippen molar-refractivity contribution in [2.45, 2.75) is 6.54 Å². The maximum absolute atomic E-state index is 13.7. The van der Waals surface area contributed by atoms with Crippen molar-refractivity contribution in [3.8, 4) is 0 Å². The predicted molar refractivity (Wildman–Crippen MR) is 83.5 cm³/mol. The zero-order chi connectivity index (χ0) is 14.8. The standard InChI is InChI=1S/C12H17ClFN3O2S.ClH/c1-16(9-10-11(13)3-2-4-12(10)14)20(18,19)17-7-5-15-6-8-17;/h2-4,15H,5-9H2,1H3;1H. The van der Waals surface area contributed by atoms with Crippen LogP contribution >= 0.6 is 24.0 Å². The van der Waals surface area contributed by atoms with Crippen LogP contribution in [0.15, 0.2) is 18.2 Å². The highest BCUT2D eigenvalue weighted by atomic mass is 35.5. The van der Waals surface area contributed by atoms with Crippen LogP contribution in [0.25, 0.3) is 0 Å². The molecule has 1 aromatic carbocycles. The molecule has 0 spiro atoms. The molecule has 0 bridgehead atoms. The van der Waals surface area contributed by atoms with Gasteiger partial charge in [0, 0.05) is 50.4 Å². The van der Waals surface area contributed by atoms with E-state index in [1.165, 1.54) is 23.5 Å². The van der Waals surface area contributed by atoms with Crippen LogP contribution in [0.5, 0.6) is 0 Å². The highest BCUT2D eigenvalue weighted by Gasteiger charge is 2.28. The van der Waals surface area contributed by atoms with Gasteiger partial charge in [0.15, 0.2) is 0 Å². The van der Waals surface area contributed by atoms with Crippen molar-refractivity contribution >= 4 is 34.2 Å². The van der Waals surface area contributed by atoms with E-state index >= 15 is 0 Å². The highest BCUT2D eigenvalue weighted by molar-refractivity contribution is 7.86. The Morgan fingerprint density at radius 2 is 2.00 bits per heavy atom. The first-order valence-corrected chi connectivity index (χ1v) is 8.05. The molecule has 1 aromatic rings. The van der Waals surface area contributed by atoms with Gasteiger partial charge < -0.3 is 5.32 Å². The minimum absolute atomic E-state index is 0. The molecule has 0 unspecified atom stereocenters. The lowest BCUT2D eigenvalue weighted by molar-refractivity contribution is 0.323. The molecule has 1 N–H and O–H groups in total. The van der Waals surface area contributed by atoms with Gasteiger partial charge in [-0.15, -0.1) is 12.4 Å². The first-order chi connectivity index (χ1) is 9.43. The number of nitrogens with zero attached hydrogens (tertiary/aromatic N) is 2. The molecule has 0 radical (unpaired) electrons. The Hall–Kier alpha value is -0.440. The van der Waals surface area contributed by atoms with Gasteiger partial charge in [-0.2, -0.15) is 17.0 Å². The van der Waals surface area contributed by atoms with Crippen molar-refractivity contribution in [2.24, 2.45) is 0 Å². The van der Waals surface area contributed by atoms with Crippen LogP contribution in [0, 0.1) is 5.82 Å². The summed E-state index contributed by atoms with van der Waals surface area (Å²) in [6.45, 7) is 1.98. The molecule has 1 aliphatic rings. The Morgan fingerprint density at radius 1 is 1.38 bits per heavy atom. The van der Waals surface area contributed by atoms with Gasteiger partial charge in [-0.05, 0) is 12.1 Å². The molecule has 120 valence electrons. The molecule has 1 saturated heterocycles. The Kier molecular flexibility index (Phi) is 6.83. The number of benzene rings is 1. The minimum atomic E-state index is -3.59. The summed E-state index contributed by atoms with van der Waals surface area (Å²) in [4.78, 5) is 0. The summed E-state index contributed by atoms with van der Waals surface area (Å²) in [5.74, 6) is -0.500. The molecule has 21 heavy (non-hydrogen) atoms. The zero-order valence-corrected chi connectivity index (χ0v) is 13.9. The monoisotopic (exact) mass is 357 g/mol. The smallest absolute Gasteiger partial charge is 0.282 e. The molecule has 1 fully saturated rings. The third kappa shape index (κ3) is 4.28. The van der Waals surface area contributed by atoms with Crippen LogP contribution in [-0.2, 0) is 16.8 Å². The van der Waals surface area contributed by atoms with Gasteiger partial charge in [0.25, 0.3) is 10.2 Å². The third-order valence-electron chi connectivity index (χ3n) is 3.24. The van der Waals surface area contributed by atoms with E-state index in [1.807, 2.05) is 0 Å². The van der Waals surface area contributed by atoms with E-state index in [-0.39, 0.29) is 29.5 Å². The summed E-state index contributed by atoms with van der Waals surface area (Å²) in [6, 6.07) is 4.31. The molecule has 5 nitrogen and oxygen atoms in total. The molecule has 0 atom stereocenters. The van der Waals surface area contributed by atoms with Crippen LogP contribution in [0.3, 0.4) is 0 Å². The maximum atomic E-state index is 13.7. The van der Waals surface area contributed by atoms with Crippen molar-refractivity contribution in [3.05, 3.63) is 34.6 Å². The first-order valence-electron chi connectivity index (χ1n) is 6.28. The molecule has 0 amide bonds. The van der Waals surface area contributed by atoms with Gasteiger partial charge in [0.05, 0.1) is 0 Å².